The summed E-state index contributed by atoms with van der Waals surface area (Å²) in [6.07, 6.45) is 1.37. The van der Waals surface area contributed by atoms with Crippen LogP contribution in [0, 0.1) is 6.92 Å². The predicted molar refractivity (Wildman–Crippen MR) is 44.7 cm³/mol. The van der Waals surface area contributed by atoms with Crippen LogP contribution in [0.15, 0.2) is 18.2 Å². The van der Waals surface area contributed by atoms with Crippen molar-refractivity contribution in [3.05, 3.63) is 36.2 Å². The molecule has 1 heteroatoms. The van der Waals surface area contributed by atoms with Crippen LogP contribution in [0.2, 0.25) is 0 Å². The fraction of sp³-hybridized carbons (Fsp3) is 0.300. The normalized spacial score (nSPS) is 21.1. The van der Waals surface area contributed by atoms with Crippen LogP contribution < -0.4 is 4.74 Å². The predicted octanol–water partition coefficient (Wildman–Crippen LogP) is 2.19. The summed E-state index contributed by atoms with van der Waals surface area (Å²) >= 11 is 0. The third-order valence-corrected chi connectivity index (χ3v) is 1.96. The van der Waals surface area contributed by atoms with Crippen molar-refractivity contribution in [3.8, 4) is 5.75 Å². The molecule has 57 valence electrons. The van der Waals surface area contributed by atoms with E-state index in [1.165, 1.54) is 5.56 Å². The molecule has 0 saturated heterocycles. The topological polar surface area (TPSA) is 9.23 Å². The van der Waals surface area contributed by atoms with Gasteiger partial charge in [-0.25, -0.2) is 0 Å². The molecule has 0 amide bonds. The Bertz CT molecular complexity index is 278. The lowest BCUT2D eigenvalue weighted by Crippen LogP contribution is -2.05. The van der Waals surface area contributed by atoms with Gasteiger partial charge in [0.05, 0.1) is 0 Å². The molecule has 0 aliphatic carbocycles. The number of benzene rings is 1. The van der Waals surface area contributed by atoms with E-state index in [1.54, 1.807) is 0 Å². The molecule has 1 aliphatic rings. The van der Waals surface area contributed by atoms with Gasteiger partial charge in [-0.15, -0.1) is 0 Å². The summed E-state index contributed by atoms with van der Waals surface area (Å²) in [5.74, 6) is 1.03. The average molecular weight is 147 g/mol. The monoisotopic (exact) mass is 147 g/mol. The van der Waals surface area contributed by atoms with Crippen molar-refractivity contribution < 1.29 is 4.74 Å². The van der Waals surface area contributed by atoms with Crippen LogP contribution in [0.25, 0.3) is 0 Å². The van der Waals surface area contributed by atoms with Gasteiger partial charge in [0.2, 0.25) is 0 Å². The van der Waals surface area contributed by atoms with Crippen LogP contribution in [-0.2, 0) is 6.42 Å². The van der Waals surface area contributed by atoms with Crippen molar-refractivity contribution in [1.29, 1.82) is 0 Å². The molecule has 1 aliphatic heterocycles. The van der Waals surface area contributed by atoms with Crippen molar-refractivity contribution in [3.63, 3.8) is 0 Å². The molecule has 1 atom stereocenters. The van der Waals surface area contributed by atoms with Gasteiger partial charge in [-0.1, -0.05) is 12.1 Å². The standard InChI is InChI=1S/C10H11O/c1-7-3-4-10-9(5-7)6-8(2)11-10/h3-5,8H,1,6H2,2H3. The summed E-state index contributed by atoms with van der Waals surface area (Å²) in [5.41, 5.74) is 2.37. The molecule has 0 fully saturated rings. The fourth-order valence-corrected chi connectivity index (χ4v) is 1.48. The van der Waals surface area contributed by atoms with Gasteiger partial charge in [-0.05, 0) is 31.0 Å². The zero-order chi connectivity index (χ0) is 7.84. The number of rotatable bonds is 0. The van der Waals surface area contributed by atoms with Crippen LogP contribution >= 0.6 is 0 Å². The molecule has 1 aromatic carbocycles. The van der Waals surface area contributed by atoms with E-state index >= 15 is 0 Å². The van der Waals surface area contributed by atoms with Gasteiger partial charge in [0.1, 0.15) is 11.9 Å². The molecular weight excluding hydrogens is 136 g/mol. The highest BCUT2D eigenvalue weighted by Crippen LogP contribution is 2.28. The molecule has 0 N–H and O–H groups in total. The molecule has 1 radical (unpaired) electrons. The Morgan fingerprint density at radius 1 is 1.55 bits per heavy atom. The zero-order valence-corrected chi connectivity index (χ0v) is 6.63. The van der Waals surface area contributed by atoms with Gasteiger partial charge in [0.25, 0.3) is 0 Å². The minimum absolute atomic E-state index is 0.340. The number of ether oxygens (including phenoxy) is 1. The van der Waals surface area contributed by atoms with E-state index in [9.17, 15) is 0 Å². The second kappa shape index (κ2) is 2.26. The van der Waals surface area contributed by atoms with Crippen LogP contribution in [0.4, 0.5) is 0 Å². The largest absolute Gasteiger partial charge is 0.490 e. The van der Waals surface area contributed by atoms with Crippen LogP contribution in [0.5, 0.6) is 5.75 Å². The van der Waals surface area contributed by atoms with Gasteiger partial charge >= 0.3 is 0 Å². The quantitative estimate of drug-likeness (QED) is 0.546. The summed E-state index contributed by atoms with van der Waals surface area (Å²) in [4.78, 5) is 0. The Balaban J connectivity index is 2.43. The van der Waals surface area contributed by atoms with E-state index in [0.29, 0.717) is 6.10 Å². The molecule has 1 nitrogen and oxygen atoms in total. The lowest BCUT2D eigenvalue weighted by molar-refractivity contribution is 0.254. The molecule has 1 heterocycles. The second-order valence-electron chi connectivity index (χ2n) is 3.07. The Kier molecular flexibility index (Phi) is 1.38. The molecule has 11 heavy (non-hydrogen) atoms. The zero-order valence-electron chi connectivity index (χ0n) is 6.63. The number of hydrogen-bond acceptors (Lipinski definition) is 1. The summed E-state index contributed by atoms with van der Waals surface area (Å²) in [5, 5.41) is 0. The van der Waals surface area contributed by atoms with E-state index in [0.717, 1.165) is 17.7 Å². The van der Waals surface area contributed by atoms with Crippen molar-refractivity contribution in [2.24, 2.45) is 0 Å². The summed E-state index contributed by atoms with van der Waals surface area (Å²) in [6, 6.07) is 6.08. The average Bonchev–Trinajstić information content (AvgIpc) is 2.27. The maximum atomic E-state index is 5.53. The third kappa shape index (κ3) is 1.11. The number of hydrogen-bond donors (Lipinski definition) is 0. The molecule has 0 spiro atoms. The summed E-state index contributed by atoms with van der Waals surface area (Å²) < 4.78 is 5.53. The first-order valence-corrected chi connectivity index (χ1v) is 3.87. The Labute approximate surface area is 67.0 Å². The van der Waals surface area contributed by atoms with Crippen LogP contribution in [0.3, 0.4) is 0 Å². The third-order valence-electron chi connectivity index (χ3n) is 1.96. The molecular formula is C10H11O. The van der Waals surface area contributed by atoms with Gasteiger partial charge in [0, 0.05) is 6.42 Å². The van der Waals surface area contributed by atoms with Crippen molar-refractivity contribution in [2.45, 2.75) is 19.4 Å². The minimum atomic E-state index is 0.340. The van der Waals surface area contributed by atoms with Gasteiger partial charge in [-0.2, -0.15) is 0 Å². The molecule has 0 aromatic heterocycles. The Morgan fingerprint density at radius 3 is 3.18 bits per heavy atom. The first-order valence-electron chi connectivity index (χ1n) is 3.87. The second-order valence-corrected chi connectivity index (χ2v) is 3.07. The van der Waals surface area contributed by atoms with Gasteiger partial charge < -0.3 is 4.74 Å². The number of fused-ring (bicyclic) bond motifs is 1. The maximum absolute atomic E-state index is 5.53. The molecule has 1 aromatic rings. The SMILES string of the molecule is [CH2]c1ccc2c(c1)CC(C)O2. The highest BCUT2D eigenvalue weighted by atomic mass is 16.5. The Morgan fingerprint density at radius 2 is 2.36 bits per heavy atom. The molecule has 0 saturated carbocycles. The highest BCUT2D eigenvalue weighted by molar-refractivity contribution is 5.41. The van der Waals surface area contributed by atoms with E-state index < -0.39 is 0 Å². The lowest BCUT2D eigenvalue weighted by Gasteiger charge is -2.01. The lowest BCUT2D eigenvalue weighted by atomic mass is 10.1. The smallest absolute Gasteiger partial charge is 0.123 e. The first kappa shape index (κ1) is 6.71. The van der Waals surface area contributed by atoms with Crippen LogP contribution in [-0.4, -0.2) is 6.10 Å². The maximum Gasteiger partial charge on any atom is 0.123 e. The van der Waals surface area contributed by atoms with E-state index in [-0.39, 0.29) is 0 Å². The van der Waals surface area contributed by atoms with Crippen LogP contribution in [0.1, 0.15) is 18.1 Å². The van der Waals surface area contributed by atoms with E-state index in [4.69, 9.17) is 4.74 Å². The summed E-state index contributed by atoms with van der Waals surface area (Å²) in [6.45, 7) is 5.95. The fourth-order valence-electron chi connectivity index (χ4n) is 1.48. The first-order chi connectivity index (χ1) is 5.25. The summed E-state index contributed by atoms with van der Waals surface area (Å²) in [7, 11) is 0. The van der Waals surface area contributed by atoms with Gasteiger partial charge in [0.15, 0.2) is 0 Å². The van der Waals surface area contributed by atoms with Crippen molar-refractivity contribution >= 4 is 0 Å². The molecule has 2 rings (SSSR count). The molecule has 0 bridgehead atoms. The highest BCUT2D eigenvalue weighted by Gasteiger charge is 2.17. The minimum Gasteiger partial charge on any atom is -0.490 e. The van der Waals surface area contributed by atoms with Crippen molar-refractivity contribution in [1.82, 2.24) is 0 Å². The van der Waals surface area contributed by atoms with E-state index in [1.807, 2.05) is 12.1 Å². The van der Waals surface area contributed by atoms with Crippen molar-refractivity contribution in [2.75, 3.05) is 0 Å². The Hall–Kier alpha value is -0.980. The van der Waals surface area contributed by atoms with Gasteiger partial charge in [-0.3, -0.25) is 0 Å². The molecule has 1 unspecified atom stereocenters. The van der Waals surface area contributed by atoms with E-state index in [2.05, 4.69) is 19.9 Å².